The number of benzene rings is 2. The SMILES string of the molecule is CCOC(=O)[C@@H](O)[C@@H](NC(=O)c1ccccc1)c1ccc(Br)cc1. The molecule has 0 spiro atoms. The van der Waals surface area contributed by atoms with E-state index in [0.717, 1.165) is 4.47 Å². The summed E-state index contributed by atoms with van der Waals surface area (Å²) in [5.74, 6) is -1.16. The molecule has 126 valence electrons. The molecular weight excluding hydrogens is 374 g/mol. The number of carbonyl (C=O) groups excluding carboxylic acids is 2. The average molecular weight is 392 g/mol. The Hall–Kier alpha value is -2.18. The second-order valence-electron chi connectivity index (χ2n) is 5.07. The van der Waals surface area contributed by atoms with Gasteiger partial charge in [0, 0.05) is 10.0 Å². The number of hydrogen-bond acceptors (Lipinski definition) is 4. The van der Waals surface area contributed by atoms with E-state index in [1.807, 2.05) is 0 Å². The summed E-state index contributed by atoms with van der Waals surface area (Å²) in [6.07, 6.45) is -1.50. The predicted octanol–water partition coefficient (Wildman–Crippen LogP) is 2.84. The van der Waals surface area contributed by atoms with E-state index in [1.54, 1.807) is 61.5 Å². The van der Waals surface area contributed by atoms with Crippen molar-refractivity contribution in [1.29, 1.82) is 0 Å². The molecule has 0 fully saturated rings. The molecule has 0 saturated heterocycles. The van der Waals surface area contributed by atoms with E-state index in [0.29, 0.717) is 11.1 Å². The number of carbonyl (C=O) groups is 2. The number of aliphatic hydroxyl groups excluding tert-OH is 1. The van der Waals surface area contributed by atoms with Crippen molar-refractivity contribution in [1.82, 2.24) is 5.32 Å². The Morgan fingerprint density at radius 3 is 2.33 bits per heavy atom. The van der Waals surface area contributed by atoms with Gasteiger partial charge in [-0.3, -0.25) is 4.79 Å². The fraction of sp³-hybridized carbons (Fsp3) is 0.222. The van der Waals surface area contributed by atoms with Crippen molar-refractivity contribution in [2.75, 3.05) is 6.61 Å². The van der Waals surface area contributed by atoms with Gasteiger partial charge in [-0.25, -0.2) is 4.79 Å². The van der Waals surface area contributed by atoms with Crippen molar-refractivity contribution >= 4 is 27.8 Å². The van der Waals surface area contributed by atoms with Gasteiger partial charge in [-0.05, 0) is 36.8 Å². The van der Waals surface area contributed by atoms with Crippen molar-refractivity contribution < 1.29 is 19.4 Å². The quantitative estimate of drug-likeness (QED) is 0.742. The first kappa shape index (κ1) is 18.2. The maximum absolute atomic E-state index is 12.4. The van der Waals surface area contributed by atoms with Gasteiger partial charge in [0.15, 0.2) is 6.10 Å². The first-order valence-electron chi connectivity index (χ1n) is 7.49. The summed E-state index contributed by atoms with van der Waals surface area (Å²) in [4.78, 5) is 24.3. The molecule has 0 heterocycles. The van der Waals surface area contributed by atoms with Gasteiger partial charge in [0.1, 0.15) is 0 Å². The molecule has 2 N–H and O–H groups in total. The summed E-state index contributed by atoms with van der Waals surface area (Å²) in [5.41, 5.74) is 1.04. The van der Waals surface area contributed by atoms with Crippen LogP contribution in [0, 0.1) is 0 Å². The lowest BCUT2D eigenvalue weighted by Gasteiger charge is -2.23. The van der Waals surface area contributed by atoms with Crippen LogP contribution in [-0.4, -0.2) is 29.7 Å². The number of ether oxygens (including phenoxy) is 1. The number of rotatable bonds is 6. The fourth-order valence-corrected chi connectivity index (χ4v) is 2.46. The molecule has 24 heavy (non-hydrogen) atoms. The standard InChI is InChI=1S/C18H18BrNO4/c1-2-24-18(23)16(21)15(12-8-10-14(19)11-9-12)20-17(22)13-6-4-3-5-7-13/h3-11,15-16,21H,2H2,1H3,(H,20,22)/t15-,16-/m0/s1. The van der Waals surface area contributed by atoms with Crippen LogP contribution in [0.2, 0.25) is 0 Å². The molecular formula is C18H18BrNO4. The first-order valence-corrected chi connectivity index (χ1v) is 8.28. The summed E-state index contributed by atoms with van der Waals surface area (Å²) >= 11 is 3.33. The van der Waals surface area contributed by atoms with E-state index in [1.165, 1.54) is 0 Å². The number of aliphatic hydroxyl groups is 1. The van der Waals surface area contributed by atoms with Crippen molar-refractivity contribution in [3.8, 4) is 0 Å². The van der Waals surface area contributed by atoms with Crippen molar-refractivity contribution in [3.05, 3.63) is 70.2 Å². The van der Waals surface area contributed by atoms with Crippen molar-refractivity contribution in [2.45, 2.75) is 19.1 Å². The Balaban J connectivity index is 2.26. The average Bonchev–Trinajstić information content (AvgIpc) is 2.60. The van der Waals surface area contributed by atoms with Crippen LogP contribution < -0.4 is 5.32 Å². The van der Waals surface area contributed by atoms with Crippen molar-refractivity contribution in [2.24, 2.45) is 0 Å². The molecule has 0 unspecified atom stereocenters. The highest BCUT2D eigenvalue weighted by molar-refractivity contribution is 9.10. The van der Waals surface area contributed by atoms with E-state index in [2.05, 4.69) is 21.2 Å². The molecule has 0 aliphatic heterocycles. The summed E-state index contributed by atoms with van der Waals surface area (Å²) in [6.45, 7) is 1.80. The van der Waals surface area contributed by atoms with Crippen LogP contribution in [0.25, 0.3) is 0 Å². The zero-order valence-electron chi connectivity index (χ0n) is 13.1. The van der Waals surface area contributed by atoms with Crippen LogP contribution >= 0.6 is 15.9 Å². The van der Waals surface area contributed by atoms with E-state index < -0.39 is 18.1 Å². The van der Waals surface area contributed by atoms with Gasteiger partial charge in [-0.15, -0.1) is 0 Å². The van der Waals surface area contributed by atoms with Crippen LogP contribution in [0.3, 0.4) is 0 Å². The largest absolute Gasteiger partial charge is 0.464 e. The number of esters is 1. The Morgan fingerprint density at radius 1 is 1.12 bits per heavy atom. The zero-order valence-corrected chi connectivity index (χ0v) is 14.7. The molecule has 1 amide bonds. The van der Waals surface area contributed by atoms with Crippen LogP contribution in [-0.2, 0) is 9.53 Å². The van der Waals surface area contributed by atoms with E-state index >= 15 is 0 Å². The Morgan fingerprint density at radius 2 is 1.75 bits per heavy atom. The third kappa shape index (κ3) is 4.66. The monoisotopic (exact) mass is 391 g/mol. The number of nitrogens with one attached hydrogen (secondary N) is 1. The summed E-state index contributed by atoms with van der Waals surface area (Å²) in [7, 11) is 0. The first-order chi connectivity index (χ1) is 11.5. The van der Waals surface area contributed by atoms with Gasteiger partial charge >= 0.3 is 5.97 Å². The second kappa shape index (κ2) is 8.61. The summed E-state index contributed by atoms with van der Waals surface area (Å²) in [6, 6.07) is 14.7. The van der Waals surface area contributed by atoms with Crippen LogP contribution in [0.15, 0.2) is 59.1 Å². The minimum Gasteiger partial charge on any atom is -0.464 e. The molecule has 0 bridgehead atoms. The molecule has 0 aromatic heterocycles. The highest BCUT2D eigenvalue weighted by Gasteiger charge is 2.30. The molecule has 0 radical (unpaired) electrons. The van der Waals surface area contributed by atoms with Gasteiger partial charge in [-0.2, -0.15) is 0 Å². The predicted molar refractivity (Wildman–Crippen MR) is 93.4 cm³/mol. The third-order valence-corrected chi connectivity index (χ3v) is 3.92. The minimum atomic E-state index is -1.50. The molecule has 0 aliphatic rings. The third-order valence-electron chi connectivity index (χ3n) is 3.40. The number of amides is 1. The van der Waals surface area contributed by atoms with Crippen LogP contribution in [0.1, 0.15) is 28.9 Å². The topological polar surface area (TPSA) is 75.6 Å². The normalized spacial score (nSPS) is 13.0. The molecule has 2 rings (SSSR count). The maximum Gasteiger partial charge on any atom is 0.337 e. The smallest absolute Gasteiger partial charge is 0.337 e. The van der Waals surface area contributed by atoms with Gasteiger partial charge < -0.3 is 15.2 Å². The van der Waals surface area contributed by atoms with Gasteiger partial charge in [0.05, 0.1) is 12.6 Å². The molecule has 0 saturated carbocycles. The highest BCUT2D eigenvalue weighted by atomic mass is 79.9. The lowest BCUT2D eigenvalue weighted by molar-refractivity contribution is -0.154. The molecule has 2 aromatic rings. The van der Waals surface area contributed by atoms with Crippen molar-refractivity contribution in [3.63, 3.8) is 0 Å². The van der Waals surface area contributed by atoms with Gasteiger partial charge in [0.2, 0.25) is 0 Å². The number of halogens is 1. The van der Waals surface area contributed by atoms with Gasteiger partial charge in [0.25, 0.3) is 5.91 Å². The zero-order chi connectivity index (χ0) is 17.5. The van der Waals surface area contributed by atoms with Crippen LogP contribution in [0.5, 0.6) is 0 Å². The minimum absolute atomic E-state index is 0.148. The van der Waals surface area contributed by atoms with E-state index in [-0.39, 0.29) is 12.5 Å². The Kier molecular flexibility index (Phi) is 6.52. The molecule has 2 aromatic carbocycles. The molecule has 6 heteroatoms. The molecule has 2 atom stereocenters. The Labute approximate surface area is 148 Å². The summed E-state index contributed by atoms with van der Waals surface area (Å²) in [5, 5.41) is 13.0. The highest BCUT2D eigenvalue weighted by Crippen LogP contribution is 2.21. The number of hydrogen-bond donors (Lipinski definition) is 2. The summed E-state index contributed by atoms with van der Waals surface area (Å²) < 4.78 is 5.72. The maximum atomic E-state index is 12.4. The van der Waals surface area contributed by atoms with Gasteiger partial charge in [-0.1, -0.05) is 46.3 Å². The van der Waals surface area contributed by atoms with E-state index in [9.17, 15) is 14.7 Å². The molecule has 0 aliphatic carbocycles. The van der Waals surface area contributed by atoms with E-state index in [4.69, 9.17) is 4.74 Å². The molecule has 5 nitrogen and oxygen atoms in total. The lowest BCUT2D eigenvalue weighted by atomic mass is 10.0. The fourth-order valence-electron chi connectivity index (χ4n) is 2.19. The second-order valence-corrected chi connectivity index (χ2v) is 5.98. The lowest BCUT2D eigenvalue weighted by Crippen LogP contribution is -2.41. The van der Waals surface area contributed by atoms with Crippen LogP contribution in [0.4, 0.5) is 0 Å². The Bertz CT molecular complexity index is 688.